The fraction of sp³-hybridized carbons (Fsp3) is 0.667. The van der Waals surface area contributed by atoms with Crippen LogP contribution in [-0.2, 0) is 9.47 Å². The molecule has 1 aromatic heterocycles. The summed E-state index contributed by atoms with van der Waals surface area (Å²) in [7, 11) is 0. The van der Waals surface area contributed by atoms with E-state index in [0.29, 0.717) is 25.9 Å². The number of hydrogen-bond acceptors (Lipinski definition) is 9. The van der Waals surface area contributed by atoms with Crippen molar-refractivity contribution in [1.82, 2.24) is 25.1 Å². The quantitative estimate of drug-likeness (QED) is 0.694. The molecule has 0 bridgehead atoms. The highest BCUT2D eigenvalue weighted by molar-refractivity contribution is 5.69. The Hall–Kier alpha value is -2.66. The van der Waals surface area contributed by atoms with E-state index >= 15 is 0 Å². The van der Waals surface area contributed by atoms with Crippen molar-refractivity contribution < 1.29 is 24.2 Å². The predicted molar refractivity (Wildman–Crippen MR) is 101 cm³/mol. The SMILES string of the molecule is O=C(O)OC1CCN(CC2CN(N3CCN(c4ccnnc4)CC3)C(=O)O2)CC1. The first-order chi connectivity index (χ1) is 14.1. The van der Waals surface area contributed by atoms with Crippen LogP contribution in [0.25, 0.3) is 0 Å². The summed E-state index contributed by atoms with van der Waals surface area (Å²) in [6.07, 6.45) is 2.84. The molecular weight excluding hydrogens is 380 g/mol. The van der Waals surface area contributed by atoms with Crippen molar-refractivity contribution in [1.29, 1.82) is 0 Å². The zero-order chi connectivity index (χ0) is 20.2. The molecule has 3 saturated heterocycles. The Bertz CT molecular complexity index is 706. The van der Waals surface area contributed by atoms with Crippen LogP contribution in [0.5, 0.6) is 0 Å². The Morgan fingerprint density at radius 2 is 1.93 bits per heavy atom. The number of piperidine rings is 1. The molecule has 0 spiro atoms. The largest absolute Gasteiger partial charge is 0.506 e. The van der Waals surface area contributed by atoms with E-state index in [1.807, 2.05) is 6.07 Å². The zero-order valence-corrected chi connectivity index (χ0v) is 16.2. The molecule has 1 unspecified atom stereocenters. The molecule has 0 saturated carbocycles. The maximum Gasteiger partial charge on any atom is 0.506 e. The Kier molecular flexibility index (Phi) is 5.95. The van der Waals surface area contributed by atoms with E-state index in [1.165, 1.54) is 0 Å². The number of nitrogens with zero attached hydrogens (tertiary/aromatic N) is 6. The molecular formula is C18H26N6O5. The normalized spacial score (nSPS) is 24.6. The van der Waals surface area contributed by atoms with Gasteiger partial charge >= 0.3 is 12.2 Å². The first-order valence-corrected chi connectivity index (χ1v) is 9.95. The summed E-state index contributed by atoms with van der Waals surface area (Å²) in [5, 5.41) is 20.2. The maximum absolute atomic E-state index is 12.4. The number of rotatable bonds is 5. The van der Waals surface area contributed by atoms with Gasteiger partial charge in [-0.05, 0) is 18.9 Å². The summed E-state index contributed by atoms with van der Waals surface area (Å²) in [5.41, 5.74) is 1.04. The molecule has 3 aliphatic rings. The predicted octanol–water partition coefficient (Wildman–Crippen LogP) is 0.493. The number of hydrogen-bond donors (Lipinski definition) is 1. The third kappa shape index (κ3) is 4.85. The van der Waals surface area contributed by atoms with Crippen LogP contribution >= 0.6 is 0 Å². The summed E-state index contributed by atoms with van der Waals surface area (Å²) in [5.74, 6) is 0. The number of anilines is 1. The molecule has 3 aliphatic heterocycles. The van der Waals surface area contributed by atoms with Crippen LogP contribution in [0.4, 0.5) is 15.3 Å². The summed E-state index contributed by atoms with van der Waals surface area (Å²) < 4.78 is 10.4. The van der Waals surface area contributed by atoms with E-state index < -0.39 is 6.16 Å². The monoisotopic (exact) mass is 406 g/mol. The molecule has 1 amide bonds. The van der Waals surface area contributed by atoms with Crippen LogP contribution in [0, 0.1) is 0 Å². The number of likely N-dealkylation sites (tertiary alicyclic amines) is 1. The average Bonchev–Trinajstić information content (AvgIpc) is 3.10. The van der Waals surface area contributed by atoms with E-state index in [9.17, 15) is 9.59 Å². The minimum absolute atomic E-state index is 0.179. The molecule has 11 nitrogen and oxygen atoms in total. The second-order valence-corrected chi connectivity index (χ2v) is 7.51. The Labute approximate surface area is 168 Å². The van der Waals surface area contributed by atoms with Crippen LogP contribution in [-0.4, -0.2) is 107 Å². The number of ether oxygens (including phenoxy) is 2. The topological polar surface area (TPSA) is 112 Å². The summed E-state index contributed by atoms with van der Waals surface area (Å²) >= 11 is 0. The number of hydrazine groups is 1. The number of aromatic nitrogens is 2. The highest BCUT2D eigenvalue weighted by Gasteiger charge is 2.38. The van der Waals surface area contributed by atoms with Gasteiger partial charge in [-0.25, -0.2) is 19.6 Å². The lowest BCUT2D eigenvalue weighted by molar-refractivity contribution is 0.0121. The molecule has 0 radical (unpaired) electrons. The van der Waals surface area contributed by atoms with E-state index in [1.54, 1.807) is 17.4 Å². The van der Waals surface area contributed by atoms with Crippen molar-refractivity contribution >= 4 is 17.9 Å². The van der Waals surface area contributed by atoms with Gasteiger partial charge in [0.25, 0.3) is 0 Å². The number of piperazine rings is 1. The molecule has 1 N–H and O–H groups in total. The molecule has 1 aromatic rings. The van der Waals surface area contributed by atoms with Gasteiger partial charge in [0.05, 0.1) is 24.6 Å². The molecule has 0 aromatic carbocycles. The third-order valence-corrected chi connectivity index (χ3v) is 5.65. The van der Waals surface area contributed by atoms with Crippen LogP contribution in [0.15, 0.2) is 18.5 Å². The molecule has 4 rings (SSSR count). The first-order valence-electron chi connectivity index (χ1n) is 9.95. The number of carboxylic acid groups (broad SMARTS) is 1. The molecule has 3 fully saturated rings. The van der Waals surface area contributed by atoms with E-state index in [2.05, 4.69) is 25.0 Å². The average molecular weight is 406 g/mol. The van der Waals surface area contributed by atoms with Crippen LogP contribution in [0.1, 0.15) is 12.8 Å². The zero-order valence-electron chi connectivity index (χ0n) is 16.2. The molecule has 1 atom stereocenters. The lowest BCUT2D eigenvalue weighted by atomic mass is 10.1. The number of amides is 1. The van der Waals surface area contributed by atoms with Gasteiger partial charge < -0.3 is 19.5 Å². The van der Waals surface area contributed by atoms with Crippen molar-refractivity contribution in [2.75, 3.05) is 57.3 Å². The molecule has 11 heteroatoms. The highest BCUT2D eigenvalue weighted by Crippen LogP contribution is 2.21. The lowest BCUT2D eigenvalue weighted by Crippen LogP contribution is -2.54. The van der Waals surface area contributed by atoms with E-state index in [4.69, 9.17) is 14.6 Å². The standard InChI is InChI=1S/C18H26N6O5/c25-17-24(23-9-7-22(8-10-23)14-1-4-19-20-11-14)13-16(28-17)12-21-5-2-15(3-6-21)29-18(26)27/h1,4,11,15-16H,2-3,5-10,12-13H2,(H,26,27). The maximum atomic E-state index is 12.4. The molecule has 29 heavy (non-hydrogen) atoms. The molecule has 158 valence electrons. The minimum Gasteiger partial charge on any atom is -0.450 e. The number of cyclic esters (lactones) is 1. The Balaban J connectivity index is 1.22. The van der Waals surface area contributed by atoms with E-state index in [-0.39, 0.29) is 18.3 Å². The van der Waals surface area contributed by atoms with Crippen molar-refractivity contribution in [3.05, 3.63) is 18.5 Å². The molecule has 4 heterocycles. The van der Waals surface area contributed by atoms with Gasteiger partial charge in [0.2, 0.25) is 0 Å². The van der Waals surface area contributed by atoms with Crippen molar-refractivity contribution in [3.8, 4) is 0 Å². The fourth-order valence-electron chi connectivity index (χ4n) is 4.14. The first kappa shape index (κ1) is 19.6. The molecule has 0 aliphatic carbocycles. The highest BCUT2D eigenvalue weighted by atomic mass is 16.7. The van der Waals surface area contributed by atoms with Gasteiger partial charge in [-0.2, -0.15) is 10.2 Å². The van der Waals surface area contributed by atoms with Crippen molar-refractivity contribution in [3.63, 3.8) is 0 Å². The summed E-state index contributed by atoms with van der Waals surface area (Å²) in [6.45, 7) is 5.76. The number of carbonyl (C=O) groups is 2. The number of carbonyl (C=O) groups excluding carboxylic acids is 1. The summed E-state index contributed by atoms with van der Waals surface area (Å²) in [4.78, 5) is 27.5. The van der Waals surface area contributed by atoms with E-state index in [0.717, 1.165) is 45.0 Å². The van der Waals surface area contributed by atoms with Gasteiger partial charge in [0, 0.05) is 45.8 Å². The van der Waals surface area contributed by atoms with Gasteiger partial charge in [-0.15, -0.1) is 0 Å². The van der Waals surface area contributed by atoms with Crippen molar-refractivity contribution in [2.24, 2.45) is 0 Å². The van der Waals surface area contributed by atoms with Gasteiger partial charge in [-0.3, -0.25) is 4.90 Å². The van der Waals surface area contributed by atoms with Gasteiger partial charge in [0.15, 0.2) is 0 Å². The van der Waals surface area contributed by atoms with Crippen LogP contribution in [0.3, 0.4) is 0 Å². The lowest BCUT2D eigenvalue weighted by Gasteiger charge is -2.39. The Morgan fingerprint density at radius 1 is 1.17 bits per heavy atom. The second kappa shape index (κ2) is 8.78. The summed E-state index contributed by atoms with van der Waals surface area (Å²) in [6, 6.07) is 1.94. The second-order valence-electron chi connectivity index (χ2n) is 7.51. The fourth-order valence-corrected chi connectivity index (χ4v) is 4.14. The van der Waals surface area contributed by atoms with Gasteiger partial charge in [-0.1, -0.05) is 0 Å². The smallest absolute Gasteiger partial charge is 0.450 e. The van der Waals surface area contributed by atoms with Crippen molar-refractivity contribution in [2.45, 2.75) is 25.0 Å². The third-order valence-electron chi connectivity index (χ3n) is 5.65. The Morgan fingerprint density at radius 3 is 2.59 bits per heavy atom. The minimum atomic E-state index is -1.22. The van der Waals surface area contributed by atoms with Crippen LogP contribution in [0.2, 0.25) is 0 Å². The van der Waals surface area contributed by atoms with Crippen LogP contribution < -0.4 is 4.90 Å². The van der Waals surface area contributed by atoms with Gasteiger partial charge in [0.1, 0.15) is 12.2 Å².